The van der Waals surface area contributed by atoms with Crippen molar-refractivity contribution in [1.82, 2.24) is 20.4 Å². The Kier molecular flexibility index (Phi) is 3.37. The van der Waals surface area contributed by atoms with Crippen LogP contribution in [0.4, 0.5) is 9.18 Å². The first-order valence-corrected chi connectivity index (χ1v) is 9.51. The van der Waals surface area contributed by atoms with Crippen molar-refractivity contribution in [2.75, 3.05) is 0 Å². The highest BCUT2D eigenvalue weighted by atomic mass is 32.1. The molecule has 7 heteroatoms. The SMILES string of the molecule is C[C@]12Cc3cnn(-c4ccc(F)cc4)c3C=C1CCC[C@]21NC(=O)NC1=S. The first-order chi connectivity index (χ1) is 12.9. The molecule has 2 heterocycles. The molecule has 2 aromatic rings. The molecule has 1 aromatic carbocycles. The van der Waals surface area contributed by atoms with Crippen LogP contribution in [0.25, 0.3) is 11.8 Å². The number of carbonyl (C=O) groups is 1. The molecule has 1 saturated carbocycles. The molecule has 1 saturated heterocycles. The van der Waals surface area contributed by atoms with Crippen LogP contribution >= 0.6 is 12.2 Å². The molecule has 3 aliphatic rings. The van der Waals surface area contributed by atoms with Crippen LogP contribution in [0, 0.1) is 11.2 Å². The molecular formula is C20H19FN4OS. The first-order valence-electron chi connectivity index (χ1n) is 9.10. The highest BCUT2D eigenvalue weighted by Gasteiger charge is 2.59. The first kappa shape index (κ1) is 16.6. The molecule has 0 radical (unpaired) electrons. The molecule has 2 atom stereocenters. The van der Waals surface area contributed by atoms with Gasteiger partial charge in [-0.1, -0.05) is 24.7 Å². The smallest absolute Gasteiger partial charge is 0.320 e. The fraction of sp³-hybridized carbons (Fsp3) is 0.350. The number of hydrogen-bond donors (Lipinski definition) is 2. The molecule has 1 aromatic heterocycles. The monoisotopic (exact) mass is 382 g/mol. The minimum absolute atomic E-state index is 0.213. The number of aromatic nitrogens is 2. The molecule has 2 amide bonds. The molecule has 1 spiro atoms. The molecule has 2 fully saturated rings. The third kappa shape index (κ3) is 2.18. The lowest BCUT2D eigenvalue weighted by Gasteiger charge is -2.52. The summed E-state index contributed by atoms with van der Waals surface area (Å²) in [4.78, 5) is 12.6. The molecule has 2 aliphatic carbocycles. The molecule has 5 rings (SSSR count). The van der Waals surface area contributed by atoms with Gasteiger partial charge in [-0.05, 0) is 61.6 Å². The number of hydrogen-bond acceptors (Lipinski definition) is 3. The van der Waals surface area contributed by atoms with Crippen molar-refractivity contribution >= 4 is 29.3 Å². The molecule has 1 aliphatic heterocycles. The summed E-state index contributed by atoms with van der Waals surface area (Å²) < 4.78 is 15.1. The van der Waals surface area contributed by atoms with E-state index in [0.717, 1.165) is 42.6 Å². The number of thiocarbonyl (C=S) groups is 1. The van der Waals surface area contributed by atoms with E-state index < -0.39 is 5.54 Å². The number of benzene rings is 1. The van der Waals surface area contributed by atoms with Crippen molar-refractivity contribution < 1.29 is 9.18 Å². The van der Waals surface area contributed by atoms with Crippen molar-refractivity contribution in [2.24, 2.45) is 5.41 Å². The number of halogens is 1. The fourth-order valence-corrected chi connectivity index (χ4v) is 5.41. The van der Waals surface area contributed by atoms with E-state index in [4.69, 9.17) is 12.2 Å². The van der Waals surface area contributed by atoms with Gasteiger partial charge < -0.3 is 10.6 Å². The van der Waals surface area contributed by atoms with Gasteiger partial charge in [-0.25, -0.2) is 13.9 Å². The Bertz CT molecular complexity index is 1010. The Morgan fingerprint density at radius 3 is 2.78 bits per heavy atom. The highest BCUT2D eigenvalue weighted by Crippen LogP contribution is 2.54. The number of nitrogens with one attached hydrogen (secondary N) is 2. The maximum Gasteiger partial charge on any atom is 0.320 e. The van der Waals surface area contributed by atoms with Crippen molar-refractivity contribution in [2.45, 2.75) is 38.1 Å². The van der Waals surface area contributed by atoms with Crippen LogP contribution in [0.3, 0.4) is 0 Å². The lowest BCUT2D eigenvalue weighted by molar-refractivity contribution is 0.173. The Morgan fingerprint density at radius 1 is 1.30 bits per heavy atom. The summed E-state index contributed by atoms with van der Waals surface area (Å²) in [6, 6.07) is 6.13. The fourth-order valence-electron chi connectivity index (χ4n) is 4.94. The maximum atomic E-state index is 13.3. The van der Waals surface area contributed by atoms with Gasteiger partial charge in [-0.15, -0.1) is 0 Å². The number of carbonyl (C=O) groups excluding carboxylic acids is 1. The van der Waals surface area contributed by atoms with E-state index in [-0.39, 0.29) is 17.3 Å². The number of rotatable bonds is 1. The van der Waals surface area contributed by atoms with Crippen LogP contribution < -0.4 is 10.6 Å². The van der Waals surface area contributed by atoms with Crippen molar-refractivity contribution in [1.29, 1.82) is 0 Å². The van der Waals surface area contributed by atoms with Gasteiger partial charge in [0.05, 0.1) is 17.6 Å². The van der Waals surface area contributed by atoms with Gasteiger partial charge in [0.2, 0.25) is 0 Å². The lowest BCUT2D eigenvalue weighted by Crippen LogP contribution is -2.62. The van der Waals surface area contributed by atoms with Crippen LogP contribution in [-0.4, -0.2) is 26.3 Å². The molecule has 0 unspecified atom stereocenters. The van der Waals surface area contributed by atoms with Gasteiger partial charge in [0.1, 0.15) is 16.3 Å². The third-order valence-corrected chi connectivity index (χ3v) is 6.85. The van der Waals surface area contributed by atoms with Gasteiger partial charge in [0.15, 0.2) is 0 Å². The Hall–Kier alpha value is -2.54. The quantitative estimate of drug-likeness (QED) is 0.742. The molecule has 138 valence electrons. The zero-order valence-corrected chi connectivity index (χ0v) is 15.7. The molecule has 27 heavy (non-hydrogen) atoms. The zero-order chi connectivity index (χ0) is 18.8. The van der Waals surface area contributed by atoms with E-state index >= 15 is 0 Å². The predicted molar refractivity (Wildman–Crippen MR) is 104 cm³/mol. The lowest BCUT2D eigenvalue weighted by atomic mass is 9.55. The summed E-state index contributed by atoms with van der Waals surface area (Å²) in [6.45, 7) is 2.19. The van der Waals surface area contributed by atoms with E-state index in [0.29, 0.717) is 4.99 Å². The summed E-state index contributed by atoms with van der Waals surface area (Å²) >= 11 is 5.58. The zero-order valence-electron chi connectivity index (χ0n) is 14.9. The van der Waals surface area contributed by atoms with Crippen LogP contribution in [0.5, 0.6) is 0 Å². The predicted octanol–water partition coefficient (Wildman–Crippen LogP) is 3.52. The molecule has 5 nitrogen and oxygen atoms in total. The standard InChI is InChI=1S/C20H19FN4OS/c1-19-10-12-11-22-25(15-6-4-14(21)5-7-15)16(12)9-13(19)3-2-8-20(19)17(27)23-18(26)24-20/h4-7,9,11H,2-3,8,10H2,1H3,(H2,23,24,26,27)/t19-,20+/m0/s1. The number of amides is 2. The molecular weight excluding hydrogens is 363 g/mol. The third-order valence-electron chi connectivity index (χ3n) is 6.40. The van der Waals surface area contributed by atoms with Gasteiger partial charge in [0, 0.05) is 5.41 Å². The Morgan fingerprint density at radius 2 is 2.07 bits per heavy atom. The maximum absolute atomic E-state index is 13.3. The van der Waals surface area contributed by atoms with E-state index in [2.05, 4.69) is 28.7 Å². The normalized spacial score (nSPS) is 29.0. The van der Waals surface area contributed by atoms with E-state index in [1.807, 2.05) is 10.9 Å². The Balaban J connectivity index is 1.62. The highest BCUT2D eigenvalue weighted by molar-refractivity contribution is 7.80. The summed E-state index contributed by atoms with van der Waals surface area (Å²) in [6.07, 6.45) is 7.56. The van der Waals surface area contributed by atoms with Crippen molar-refractivity contribution in [3.63, 3.8) is 0 Å². The van der Waals surface area contributed by atoms with E-state index in [1.54, 1.807) is 12.1 Å². The average Bonchev–Trinajstić information content (AvgIpc) is 3.16. The van der Waals surface area contributed by atoms with Crippen LogP contribution in [-0.2, 0) is 6.42 Å². The summed E-state index contributed by atoms with van der Waals surface area (Å²) in [5.74, 6) is -0.266. The van der Waals surface area contributed by atoms with Gasteiger partial charge in [0.25, 0.3) is 0 Å². The van der Waals surface area contributed by atoms with Crippen molar-refractivity contribution in [3.8, 4) is 5.69 Å². The summed E-state index contributed by atoms with van der Waals surface area (Å²) in [5.41, 5.74) is 3.40. The average molecular weight is 382 g/mol. The molecule has 0 bridgehead atoms. The summed E-state index contributed by atoms with van der Waals surface area (Å²) in [5, 5.41) is 10.5. The minimum Gasteiger partial charge on any atom is -0.325 e. The number of fused-ring (bicyclic) bond motifs is 3. The summed E-state index contributed by atoms with van der Waals surface area (Å²) in [7, 11) is 0. The van der Waals surface area contributed by atoms with Gasteiger partial charge in [-0.3, -0.25) is 0 Å². The van der Waals surface area contributed by atoms with Crippen LogP contribution in [0.15, 0.2) is 36.0 Å². The minimum atomic E-state index is -0.542. The van der Waals surface area contributed by atoms with Crippen LogP contribution in [0.2, 0.25) is 0 Å². The van der Waals surface area contributed by atoms with E-state index in [1.165, 1.54) is 17.7 Å². The van der Waals surface area contributed by atoms with Crippen molar-refractivity contribution in [3.05, 3.63) is 53.1 Å². The second kappa shape index (κ2) is 5.48. The number of nitrogens with zero attached hydrogens (tertiary/aromatic N) is 2. The van der Waals surface area contributed by atoms with Gasteiger partial charge in [-0.2, -0.15) is 5.10 Å². The second-order valence-electron chi connectivity index (χ2n) is 7.79. The van der Waals surface area contributed by atoms with E-state index in [9.17, 15) is 9.18 Å². The largest absolute Gasteiger partial charge is 0.325 e. The second-order valence-corrected chi connectivity index (χ2v) is 8.20. The van der Waals surface area contributed by atoms with Gasteiger partial charge >= 0.3 is 6.03 Å². The Labute approximate surface area is 161 Å². The topological polar surface area (TPSA) is 59.0 Å². The number of urea groups is 1. The molecule has 2 N–H and O–H groups in total. The van der Waals surface area contributed by atoms with Crippen LogP contribution in [0.1, 0.15) is 37.4 Å².